The van der Waals surface area contributed by atoms with Gasteiger partial charge in [0.05, 0.1) is 7.11 Å². The van der Waals surface area contributed by atoms with E-state index < -0.39 is 12.4 Å². The molecule has 0 saturated carbocycles. The van der Waals surface area contributed by atoms with Crippen LogP contribution in [0.25, 0.3) is 0 Å². The van der Waals surface area contributed by atoms with Gasteiger partial charge in [-0.15, -0.1) is 13.2 Å². The summed E-state index contributed by atoms with van der Waals surface area (Å²) in [7, 11) is 1.42. The zero-order valence-corrected chi connectivity index (χ0v) is 8.84. The molecular formula is C10H12F3NO2. The van der Waals surface area contributed by atoms with Crippen LogP contribution in [-0.4, -0.2) is 13.5 Å². The molecule has 3 nitrogen and oxygen atoms in total. The lowest BCUT2D eigenvalue weighted by Crippen LogP contribution is -2.17. The molecule has 1 rings (SSSR count). The van der Waals surface area contributed by atoms with E-state index in [9.17, 15) is 13.2 Å². The molecule has 0 heterocycles. The zero-order chi connectivity index (χ0) is 12.3. The molecule has 0 amide bonds. The molecule has 0 fully saturated rings. The molecule has 2 N–H and O–H groups in total. The highest BCUT2D eigenvalue weighted by molar-refractivity contribution is 5.41. The first-order chi connectivity index (χ1) is 7.33. The van der Waals surface area contributed by atoms with Gasteiger partial charge in [-0.05, 0) is 25.1 Å². The topological polar surface area (TPSA) is 44.5 Å². The smallest absolute Gasteiger partial charge is 0.496 e. The summed E-state index contributed by atoms with van der Waals surface area (Å²) in [6.45, 7) is 1.65. The average Bonchev–Trinajstić information content (AvgIpc) is 2.15. The Morgan fingerprint density at radius 2 is 1.94 bits per heavy atom. The normalized spacial score (nSPS) is 13.4. The number of hydrogen-bond donors (Lipinski definition) is 1. The van der Waals surface area contributed by atoms with E-state index in [1.165, 1.54) is 25.3 Å². The number of rotatable bonds is 3. The Morgan fingerprint density at radius 3 is 2.38 bits per heavy atom. The fraction of sp³-hybridized carbons (Fsp3) is 0.400. The Hall–Kier alpha value is -1.43. The van der Waals surface area contributed by atoms with Crippen molar-refractivity contribution in [1.82, 2.24) is 0 Å². The second kappa shape index (κ2) is 4.61. The number of alkyl halides is 3. The maximum Gasteiger partial charge on any atom is 0.573 e. The second-order valence-corrected chi connectivity index (χ2v) is 3.24. The highest BCUT2D eigenvalue weighted by Crippen LogP contribution is 2.30. The van der Waals surface area contributed by atoms with Crippen LogP contribution < -0.4 is 15.2 Å². The molecule has 0 unspecified atom stereocenters. The van der Waals surface area contributed by atoms with Crippen molar-refractivity contribution in [1.29, 1.82) is 0 Å². The van der Waals surface area contributed by atoms with Gasteiger partial charge < -0.3 is 15.2 Å². The van der Waals surface area contributed by atoms with E-state index in [0.29, 0.717) is 11.3 Å². The van der Waals surface area contributed by atoms with Gasteiger partial charge in [0, 0.05) is 11.6 Å². The summed E-state index contributed by atoms with van der Waals surface area (Å²) in [5.74, 6) is 0.130. The van der Waals surface area contributed by atoms with Crippen molar-refractivity contribution in [2.75, 3.05) is 7.11 Å². The lowest BCUT2D eigenvalue weighted by Gasteiger charge is -2.14. The van der Waals surface area contributed by atoms with Crippen LogP contribution in [0.5, 0.6) is 11.5 Å². The van der Waals surface area contributed by atoms with Crippen LogP contribution in [0.2, 0.25) is 0 Å². The third-order valence-corrected chi connectivity index (χ3v) is 1.93. The number of nitrogens with two attached hydrogens (primary N) is 1. The molecule has 0 radical (unpaired) electrons. The SMILES string of the molecule is COc1ccc(OC(F)(F)F)cc1[C@@H](C)N. The summed E-state index contributed by atoms with van der Waals surface area (Å²) < 4.78 is 44.7. The number of halogens is 3. The minimum absolute atomic E-state index is 0.305. The van der Waals surface area contributed by atoms with Crippen molar-refractivity contribution >= 4 is 0 Å². The fourth-order valence-electron chi connectivity index (χ4n) is 1.27. The predicted molar refractivity (Wildman–Crippen MR) is 52.3 cm³/mol. The molecule has 16 heavy (non-hydrogen) atoms. The van der Waals surface area contributed by atoms with Gasteiger partial charge in [-0.25, -0.2) is 0 Å². The third-order valence-electron chi connectivity index (χ3n) is 1.93. The molecule has 0 bridgehead atoms. The molecule has 0 saturated heterocycles. The van der Waals surface area contributed by atoms with E-state index in [4.69, 9.17) is 10.5 Å². The summed E-state index contributed by atoms with van der Waals surface area (Å²) in [6.07, 6.45) is -4.70. The monoisotopic (exact) mass is 235 g/mol. The van der Waals surface area contributed by atoms with Crippen LogP contribution in [0.1, 0.15) is 18.5 Å². The van der Waals surface area contributed by atoms with Gasteiger partial charge >= 0.3 is 6.36 Å². The van der Waals surface area contributed by atoms with Crippen molar-refractivity contribution < 1.29 is 22.6 Å². The Balaban J connectivity index is 3.02. The Labute approximate surface area is 91.0 Å². The highest BCUT2D eigenvalue weighted by Gasteiger charge is 2.31. The molecule has 0 spiro atoms. The Morgan fingerprint density at radius 1 is 1.31 bits per heavy atom. The van der Waals surface area contributed by atoms with Crippen molar-refractivity contribution in [3.8, 4) is 11.5 Å². The van der Waals surface area contributed by atoms with E-state index in [-0.39, 0.29) is 5.75 Å². The lowest BCUT2D eigenvalue weighted by molar-refractivity contribution is -0.274. The first-order valence-corrected chi connectivity index (χ1v) is 4.52. The summed E-state index contributed by atoms with van der Waals surface area (Å²) >= 11 is 0. The van der Waals surface area contributed by atoms with Crippen molar-refractivity contribution in [2.24, 2.45) is 5.73 Å². The van der Waals surface area contributed by atoms with Crippen LogP contribution in [0.15, 0.2) is 18.2 Å². The molecule has 0 aliphatic heterocycles. The lowest BCUT2D eigenvalue weighted by atomic mass is 10.1. The fourth-order valence-corrected chi connectivity index (χ4v) is 1.27. The molecular weight excluding hydrogens is 223 g/mol. The predicted octanol–water partition coefficient (Wildman–Crippen LogP) is 2.61. The standard InChI is InChI=1S/C10H12F3NO2/c1-6(14)8-5-7(16-10(11,12)13)3-4-9(8)15-2/h3-6H,14H2,1-2H3/t6-/m1/s1. The molecule has 1 aromatic carbocycles. The average molecular weight is 235 g/mol. The number of hydrogen-bond acceptors (Lipinski definition) is 3. The van der Waals surface area contributed by atoms with Crippen molar-refractivity contribution in [3.05, 3.63) is 23.8 Å². The van der Waals surface area contributed by atoms with Crippen LogP contribution in [0.4, 0.5) is 13.2 Å². The van der Waals surface area contributed by atoms with Crippen LogP contribution in [0.3, 0.4) is 0 Å². The van der Waals surface area contributed by atoms with E-state index in [1.54, 1.807) is 6.92 Å². The summed E-state index contributed by atoms with van der Waals surface area (Å²) in [6, 6.07) is 3.35. The Bertz CT molecular complexity index is 364. The van der Waals surface area contributed by atoms with Gasteiger partial charge in [-0.1, -0.05) is 0 Å². The molecule has 1 atom stereocenters. The molecule has 0 aliphatic carbocycles. The van der Waals surface area contributed by atoms with Gasteiger partial charge in [-0.3, -0.25) is 0 Å². The van der Waals surface area contributed by atoms with E-state index in [2.05, 4.69) is 4.74 Å². The molecule has 6 heteroatoms. The zero-order valence-electron chi connectivity index (χ0n) is 8.84. The minimum atomic E-state index is -4.70. The minimum Gasteiger partial charge on any atom is -0.496 e. The van der Waals surface area contributed by atoms with Crippen molar-refractivity contribution in [3.63, 3.8) is 0 Å². The summed E-state index contributed by atoms with van der Waals surface area (Å²) in [4.78, 5) is 0. The molecule has 0 aromatic heterocycles. The molecule has 0 aliphatic rings. The first kappa shape index (κ1) is 12.6. The first-order valence-electron chi connectivity index (χ1n) is 4.52. The van der Waals surface area contributed by atoms with Gasteiger partial charge in [0.25, 0.3) is 0 Å². The number of ether oxygens (including phenoxy) is 2. The summed E-state index contributed by atoms with van der Waals surface area (Å²) in [5, 5.41) is 0. The maximum atomic E-state index is 12.0. The van der Waals surface area contributed by atoms with Gasteiger partial charge in [0.2, 0.25) is 0 Å². The largest absolute Gasteiger partial charge is 0.573 e. The number of methoxy groups -OCH3 is 1. The Kier molecular flexibility index (Phi) is 3.64. The van der Waals surface area contributed by atoms with Crippen molar-refractivity contribution in [2.45, 2.75) is 19.3 Å². The maximum absolute atomic E-state index is 12.0. The van der Waals surface area contributed by atoms with Crippen LogP contribution in [0, 0.1) is 0 Å². The van der Waals surface area contributed by atoms with E-state index in [0.717, 1.165) is 0 Å². The third kappa shape index (κ3) is 3.30. The van der Waals surface area contributed by atoms with Gasteiger partial charge in [0.1, 0.15) is 11.5 Å². The van der Waals surface area contributed by atoms with Crippen LogP contribution in [-0.2, 0) is 0 Å². The van der Waals surface area contributed by atoms with Gasteiger partial charge in [-0.2, -0.15) is 0 Å². The van der Waals surface area contributed by atoms with E-state index in [1.807, 2.05) is 0 Å². The summed E-state index contributed by atoms with van der Waals surface area (Å²) in [5.41, 5.74) is 6.07. The molecule has 1 aromatic rings. The quantitative estimate of drug-likeness (QED) is 0.875. The number of benzene rings is 1. The molecule has 90 valence electrons. The van der Waals surface area contributed by atoms with Crippen LogP contribution >= 0.6 is 0 Å². The van der Waals surface area contributed by atoms with E-state index >= 15 is 0 Å². The van der Waals surface area contributed by atoms with Gasteiger partial charge in [0.15, 0.2) is 0 Å². The second-order valence-electron chi connectivity index (χ2n) is 3.24. The highest BCUT2D eigenvalue weighted by atomic mass is 19.4.